The zero-order valence-electron chi connectivity index (χ0n) is 13.2. The first-order valence-corrected chi connectivity index (χ1v) is 8.24. The lowest BCUT2D eigenvalue weighted by Crippen LogP contribution is -2.04. The van der Waals surface area contributed by atoms with Crippen LogP contribution >= 0.6 is 11.8 Å². The maximum atomic E-state index is 12.8. The maximum absolute atomic E-state index is 12.8. The Kier molecular flexibility index (Phi) is 4.75. The quantitative estimate of drug-likeness (QED) is 0.634. The van der Waals surface area contributed by atoms with Gasteiger partial charge in [-0.15, -0.1) is 5.10 Å². The molecule has 0 aliphatic heterocycles. The van der Waals surface area contributed by atoms with Gasteiger partial charge in [-0.2, -0.15) is 18.2 Å². The molecule has 7 nitrogen and oxygen atoms in total. The van der Waals surface area contributed by atoms with Crippen LogP contribution in [0.5, 0.6) is 0 Å². The molecule has 132 valence electrons. The molecule has 0 fully saturated rings. The van der Waals surface area contributed by atoms with Gasteiger partial charge < -0.3 is 4.52 Å². The van der Waals surface area contributed by atoms with Crippen molar-refractivity contribution in [3.63, 3.8) is 0 Å². The Labute approximate surface area is 144 Å². The Hall–Kier alpha value is -2.43. The van der Waals surface area contributed by atoms with E-state index in [4.69, 9.17) is 4.52 Å². The third-order valence-corrected chi connectivity index (χ3v) is 4.11. The molecule has 0 aliphatic carbocycles. The van der Waals surface area contributed by atoms with E-state index in [1.54, 1.807) is 4.68 Å². The summed E-state index contributed by atoms with van der Waals surface area (Å²) in [5.41, 5.74) is -0.524. The molecule has 3 aromatic rings. The van der Waals surface area contributed by atoms with Crippen LogP contribution in [0.15, 0.2) is 33.9 Å². The number of aromatic nitrogens is 6. The zero-order valence-corrected chi connectivity index (χ0v) is 14.0. The molecule has 0 atom stereocenters. The van der Waals surface area contributed by atoms with Crippen LogP contribution in [0.4, 0.5) is 13.2 Å². The average molecular weight is 370 g/mol. The molecule has 0 bridgehead atoms. The van der Waals surface area contributed by atoms with Gasteiger partial charge >= 0.3 is 6.18 Å². The highest BCUT2D eigenvalue weighted by Crippen LogP contribution is 2.31. The Bertz CT molecular complexity index is 860. The first-order valence-electron chi connectivity index (χ1n) is 7.25. The second-order valence-corrected chi connectivity index (χ2v) is 6.32. The predicted octanol–water partition coefficient (Wildman–Crippen LogP) is 3.62. The van der Waals surface area contributed by atoms with Gasteiger partial charge in [-0.05, 0) is 36.4 Å². The lowest BCUT2D eigenvalue weighted by Gasteiger charge is -2.06. The fraction of sp³-hybridized carbons (Fsp3) is 0.357. The number of alkyl halides is 3. The van der Waals surface area contributed by atoms with Crippen molar-refractivity contribution in [1.29, 1.82) is 0 Å². The molecule has 0 aliphatic rings. The molecule has 0 N–H and O–H groups in total. The number of nitrogens with zero attached hydrogens (tertiary/aromatic N) is 6. The van der Waals surface area contributed by atoms with Crippen LogP contribution in [0.2, 0.25) is 0 Å². The molecule has 0 saturated carbocycles. The molecule has 1 aromatic carbocycles. The fourth-order valence-electron chi connectivity index (χ4n) is 2.00. The molecule has 2 heterocycles. The lowest BCUT2D eigenvalue weighted by molar-refractivity contribution is -0.137. The highest BCUT2D eigenvalue weighted by atomic mass is 32.2. The fourth-order valence-corrected chi connectivity index (χ4v) is 2.84. The zero-order chi connectivity index (χ0) is 18.0. The molecule has 0 amide bonds. The normalized spacial score (nSPS) is 12.1. The Morgan fingerprint density at radius 1 is 1.28 bits per heavy atom. The summed E-state index contributed by atoms with van der Waals surface area (Å²) in [5.74, 6) is 0.680. The third-order valence-electron chi connectivity index (χ3n) is 3.19. The third kappa shape index (κ3) is 3.98. The minimum atomic E-state index is -4.42. The predicted molar refractivity (Wildman–Crippen MR) is 82.5 cm³/mol. The molecular formula is C14H13F3N6OS. The molecule has 0 spiro atoms. The van der Waals surface area contributed by atoms with Crippen LogP contribution in [0.3, 0.4) is 0 Å². The number of tetrazole rings is 1. The van der Waals surface area contributed by atoms with Gasteiger partial charge in [0.25, 0.3) is 0 Å². The minimum Gasteiger partial charge on any atom is -0.338 e. The van der Waals surface area contributed by atoms with Gasteiger partial charge in [0.2, 0.25) is 16.9 Å². The van der Waals surface area contributed by atoms with Crippen molar-refractivity contribution in [1.82, 2.24) is 30.3 Å². The molecule has 0 unspecified atom stereocenters. The Balaban J connectivity index is 1.74. The first-order chi connectivity index (χ1) is 11.8. The van der Waals surface area contributed by atoms with Gasteiger partial charge in [-0.1, -0.05) is 29.1 Å². The van der Waals surface area contributed by atoms with Gasteiger partial charge in [-0.3, -0.25) is 0 Å². The van der Waals surface area contributed by atoms with Gasteiger partial charge in [0, 0.05) is 5.56 Å². The summed E-state index contributed by atoms with van der Waals surface area (Å²) >= 11 is 1.30. The molecule has 3 rings (SSSR count). The summed E-state index contributed by atoms with van der Waals surface area (Å²) in [5, 5.41) is 15.7. The second kappa shape index (κ2) is 6.82. The van der Waals surface area contributed by atoms with E-state index in [1.165, 1.54) is 23.9 Å². The maximum Gasteiger partial charge on any atom is 0.416 e. The van der Waals surface area contributed by atoms with Crippen LogP contribution in [-0.2, 0) is 11.9 Å². The Morgan fingerprint density at radius 3 is 2.80 bits per heavy atom. The van der Waals surface area contributed by atoms with Crippen molar-refractivity contribution in [2.45, 2.75) is 37.0 Å². The van der Waals surface area contributed by atoms with Crippen molar-refractivity contribution >= 4 is 11.8 Å². The van der Waals surface area contributed by atoms with E-state index in [0.717, 1.165) is 12.1 Å². The molecule has 0 radical (unpaired) electrons. The molecule has 11 heteroatoms. The van der Waals surface area contributed by atoms with Crippen molar-refractivity contribution < 1.29 is 17.7 Å². The SMILES string of the molecule is CC(C)n1nnnc1SCc1nc(-c2cccc(C(F)(F)F)c2)no1. The van der Waals surface area contributed by atoms with Gasteiger partial charge in [0.1, 0.15) is 0 Å². The van der Waals surface area contributed by atoms with Crippen LogP contribution < -0.4 is 0 Å². The van der Waals surface area contributed by atoms with E-state index in [-0.39, 0.29) is 23.3 Å². The van der Waals surface area contributed by atoms with Crippen LogP contribution in [0, 0.1) is 0 Å². The van der Waals surface area contributed by atoms with Crippen LogP contribution in [0.25, 0.3) is 11.4 Å². The highest BCUT2D eigenvalue weighted by Gasteiger charge is 2.30. The standard InChI is InChI=1S/C14H13F3N6OS/c1-8(2)23-13(19-21-22-23)25-7-11-18-12(20-24-11)9-4-3-5-10(6-9)14(15,16)17/h3-6,8H,7H2,1-2H3. The van der Waals surface area contributed by atoms with Crippen molar-refractivity contribution in [3.05, 3.63) is 35.7 Å². The smallest absolute Gasteiger partial charge is 0.338 e. The molecule has 2 aromatic heterocycles. The number of halogens is 3. The van der Waals surface area contributed by atoms with E-state index >= 15 is 0 Å². The Morgan fingerprint density at radius 2 is 2.08 bits per heavy atom. The van der Waals surface area contributed by atoms with Crippen molar-refractivity contribution in [2.24, 2.45) is 0 Å². The number of rotatable bonds is 5. The number of hydrogen-bond donors (Lipinski definition) is 0. The van der Waals surface area contributed by atoms with Crippen LogP contribution in [-0.4, -0.2) is 30.3 Å². The topological polar surface area (TPSA) is 82.5 Å². The van der Waals surface area contributed by atoms with E-state index in [0.29, 0.717) is 10.9 Å². The summed E-state index contributed by atoms with van der Waals surface area (Å²) in [6.07, 6.45) is -4.42. The summed E-state index contributed by atoms with van der Waals surface area (Å²) < 4.78 is 45.1. The van der Waals surface area contributed by atoms with Crippen molar-refractivity contribution in [2.75, 3.05) is 0 Å². The second-order valence-electron chi connectivity index (χ2n) is 5.38. The van der Waals surface area contributed by atoms with Gasteiger partial charge in [0.05, 0.1) is 17.4 Å². The summed E-state index contributed by atoms with van der Waals surface area (Å²) in [6, 6.07) is 4.88. The number of benzene rings is 1. The monoisotopic (exact) mass is 370 g/mol. The van der Waals surface area contributed by atoms with E-state index in [2.05, 4.69) is 25.7 Å². The van der Waals surface area contributed by atoms with E-state index in [1.807, 2.05) is 13.8 Å². The van der Waals surface area contributed by atoms with E-state index in [9.17, 15) is 13.2 Å². The number of hydrogen-bond acceptors (Lipinski definition) is 7. The summed E-state index contributed by atoms with van der Waals surface area (Å²) in [4.78, 5) is 4.13. The van der Waals surface area contributed by atoms with Gasteiger partial charge in [-0.25, -0.2) is 4.68 Å². The summed E-state index contributed by atoms with van der Waals surface area (Å²) in [6.45, 7) is 3.89. The molecule has 0 saturated heterocycles. The minimum absolute atomic E-state index is 0.0980. The van der Waals surface area contributed by atoms with E-state index < -0.39 is 11.7 Å². The average Bonchev–Trinajstić information content (AvgIpc) is 3.21. The summed E-state index contributed by atoms with van der Waals surface area (Å²) in [7, 11) is 0. The van der Waals surface area contributed by atoms with Crippen molar-refractivity contribution in [3.8, 4) is 11.4 Å². The number of thioether (sulfide) groups is 1. The van der Waals surface area contributed by atoms with Crippen LogP contribution in [0.1, 0.15) is 31.3 Å². The lowest BCUT2D eigenvalue weighted by atomic mass is 10.1. The molecule has 25 heavy (non-hydrogen) atoms. The van der Waals surface area contributed by atoms with Gasteiger partial charge in [0.15, 0.2) is 0 Å². The first kappa shape index (κ1) is 17.4. The largest absolute Gasteiger partial charge is 0.416 e. The highest BCUT2D eigenvalue weighted by molar-refractivity contribution is 7.98. The molecular weight excluding hydrogens is 357 g/mol.